The Bertz CT molecular complexity index is 599. The van der Waals surface area contributed by atoms with E-state index in [1.807, 2.05) is 37.7 Å². The van der Waals surface area contributed by atoms with E-state index in [1.165, 1.54) is 9.75 Å². The van der Waals surface area contributed by atoms with Crippen LogP contribution in [0.4, 0.5) is 0 Å². The van der Waals surface area contributed by atoms with Crippen LogP contribution in [0.1, 0.15) is 28.4 Å². The number of nitrogens with one attached hydrogen (secondary N) is 2. The second-order valence-electron chi connectivity index (χ2n) is 5.24. The zero-order valence-electron chi connectivity index (χ0n) is 13.6. The second-order valence-corrected chi connectivity index (χ2v) is 6.61. The fraction of sp³-hybridized carbons (Fsp3) is 0.500. The molecule has 0 unspecified atom stereocenters. The van der Waals surface area contributed by atoms with Crippen LogP contribution in [-0.4, -0.2) is 29.1 Å². The van der Waals surface area contributed by atoms with Gasteiger partial charge < -0.3 is 15.2 Å². The Labute approximate surface area is 136 Å². The van der Waals surface area contributed by atoms with Gasteiger partial charge in [-0.2, -0.15) is 0 Å². The number of guanidine groups is 1. The summed E-state index contributed by atoms with van der Waals surface area (Å²) in [4.78, 5) is 11.2. The molecule has 2 aromatic heterocycles. The number of aromatic nitrogens is 2. The van der Waals surface area contributed by atoms with Crippen molar-refractivity contribution in [2.45, 2.75) is 39.8 Å². The van der Waals surface area contributed by atoms with Crippen molar-refractivity contribution in [3.63, 3.8) is 0 Å². The fourth-order valence-electron chi connectivity index (χ4n) is 2.23. The van der Waals surface area contributed by atoms with Crippen LogP contribution in [0.5, 0.6) is 0 Å². The SMILES string of the molecule is CN=C(NCCCCn1ccnc1C)NCc1ccc(C)s1. The lowest BCUT2D eigenvalue weighted by Crippen LogP contribution is -2.37. The van der Waals surface area contributed by atoms with E-state index in [9.17, 15) is 0 Å². The summed E-state index contributed by atoms with van der Waals surface area (Å²) in [5.74, 6) is 1.95. The zero-order chi connectivity index (χ0) is 15.8. The predicted molar refractivity (Wildman–Crippen MR) is 93.5 cm³/mol. The first-order chi connectivity index (χ1) is 10.7. The number of hydrogen-bond donors (Lipinski definition) is 2. The molecule has 2 aromatic rings. The molecule has 0 amide bonds. The molecule has 0 aromatic carbocycles. The van der Waals surface area contributed by atoms with Gasteiger partial charge in [-0.3, -0.25) is 4.99 Å². The highest BCUT2D eigenvalue weighted by molar-refractivity contribution is 7.11. The van der Waals surface area contributed by atoms with Crippen LogP contribution in [0.25, 0.3) is 0 Å². The molecule has 0 aliphatic carbocycles. The van der Waals surface area contributed by atoms with E-state index in [1.54, 1.807) is 0 Å². The standard InChI is InChI=1S/C16H25N5S/c1-13-6-7-15(22-13)12-20-16(17-3)19-8-4-5-10-21-11-9-18-14(21)2/h6-7,9,11H,4-5,8,10,12H2,1-3H3,(H2,17,19,20). The van der Waals surface area contributed by atoms with Crippen molar-refractivity contribution in [1.29, 1.82) is 0 Å². The molecule has 0 saturated heterocycles. The highest BCUT2D eigenvalue weighted by atomic mass is 32.1. The maximum atomic E-state index is 4.26. The normalized spacial score (nSPS) is 11.7. The number of unbranched alkanes of at least 4 members (excludes halogenated alkanes) is 1. The first kappa shape index (κ1) is 16.5. The van der Waals surface area contributed by atoms with Gasteiger partial charge in [-0.05, 0) is 38.8 Å². The third-order valence-corrected chi connectivity index (χ3v) is 4.49. The van der Waals surface area contributed by atoms with E-state index in [2.05, 4.69) is 44.2 Å². The van der Waals surface area contributed by atoms with Gasteiger partial charge >= 0.3 is 0 Å². The molecule has 2 heterocycles. The third kappa shape index (κ3) is 5.18. The number of imidazole rings is 1. The van der Waals surface area contributed by atoms with Crippen LogP contribution in [0.2, 0.25) is 0 Å². The first-order valence-electron chi connectivity index (χ1n) is 7.66. The van der Waals surface area contributed by atoms with Crippen LogP contribution in [0.15, 0.2) is 29.5 Å². The minimum absolute atomic E-state index is 0.826. The van der Waals surface area contributed by atoms with E-state index in [-0.39, 0.29) is 0 Å². The van der Waals surface area contributed by atoms with Gasteiger partial charge in [0.2, 0.25) is 0 Å². The van der Waals surface area contributed by atoms with Crippen molar-refractivity contribution >= 4 is 17.3 Å². The van der Waals surface area contributed by atoms with Gasteiger partial charge in [0.1, 0.15) is 5.82 Å². The van der Waals surface area contributed by atoms with Gasteiger partial charge in [0.25, 0.3) is 0 Å². The second kappa shape index (κ2) is 8.58. The molecule has 0 spiro atoms. The van der Waals surface area contributed by atoms with Crippen LogP contribution < -0.4 is 10.6 Å². The fourth-order valence-corrected chi connectivity index (χ4v) is 3.06. The smallest absolute Gasteiger partial charge is 0.191 e. The van der Waals surface area contributed by atoms with E-state index in [4.69, 9.17) is 0 Å². The van der Waals surface area contributed by atoms with E-state index >= 15 is 0 Å². The lowest BCUT2D eigenvalue weighted by molar-refractivity contribution is 0.588. The van der Waals surface area contributed by atoms with Gasteiger partial charge in [0.15, 0.2) is 5.96 Å². The number of aryl methyl sites for hydroxylation is 3. The summed E-state index contributed by atoms with van der Waals surface area (Å²) in [5, 5.41) is 6.71. The Balaban J connectivity index is 1.61. The van der Waals surface area contributed by atoms with Gasteiger partial charge in [0.05, 0.1) is 6.54 Å². The molecule has 0 bridgehead atoms. The van der Waals surface area contributed by atoms with Crippen LogP contribution in [0.3, 0.4) is 0 Å². The van der Waals surface area contributed by atoms with Crippen molar-refractivity contribution in [1.82, 2.24) is 20.2 Å². The van der Waals surface area contributed by atoms with E-state index in [0.29, 0.717) is 0 Å². The molecule has 6 heteroatoms. The lowest BCUT2D eigenvalue weighted by Gasteiger charge is -2.11. The molecule has 0 saturated carbocycles. The highest BCUT2D eigenvalue weighted by Crippen LogP contribution is 2.14. The van der Waals surface area contributed by atoms with Crippen LogP contribution >= 0.6 is 11.3 Å². The van der Waals surface area contributed by atoms with Gasteiger partial charge in [-0.1, -0.05) is 0 Å². The number of rotatable bonds is 7. The summed E-state index contributed by atoms with van der Waals surface area (Å²) < 4.78 is 2.19. The van der Waals surface area contributed by atoms with Crippen LogP contribution in [-0.2, 0) is 13.1 Å². The summed E-state index contributed by atoms with van der Waals surface area (Å²) in [5.41, 5.74) is 0. The summed E-state index contributed by atoms with van der Waals surface area (Å²) in [7, 11) is 1.81. The quantitative estimate of drug-likeness (QED) is 0.469. The van der Waals surface area contributed by atoms with Gasteiger partial charge in [0, 0.05) is 42.3 Å². The Morgan fingerprint density at radius 1 is 1.27 bits per heavy atom. The Morgan fingerprint density at radius 3 is 2.77 bits per heavy atom. The largest absolute Gasteiger partial charge is 0.356 e. The molecular weight excluding hydrogens is 294 g/mol. The Kier molecular flexibility index (Phi) is 6.45. The zero-order valence-corrected chi connectivity index (χ0v) is 14.4. The number of aliphatic imine (C=N–C) groups is 1. The predicted octanol–water partition coefficient (Wildman–Crippen LogP) is 2.71. The molecule has 0 radical (unpaired) electrons. The average Bonchev–Trinajstić information content (AvgIpc) is 3.11. The number of nitrogens with zero attached hydrogens (tertiary/aromatic N) is 3. The van der Waals surface area contributed by atoms with Crippen molar-refractivity contribution in [3.05, 3.63) is 40.1 Å². The van der Waals surface area contributed by atoms with Crippen molar-refractivity contribution in [2.24, 2.45) is 4.99 Å². The minimum atomic E-state index is 0.826. The molecule has 120 valence electrons. The molecule has 2 rings (SSSR count). The molecule has 2 N–H and O–H groups in total. The number of thiophene rings is 1. The summed E-state index contributed by atoms with van der Waals surface area (Å²) in [6.45, 7) is 6.94. The molecule has 0 fully saturated rings. The average molecular weight is 319 g/mol. The maximum Gasteiger partial charge on any atom is 0.191 e. The Morgan fingerprint density at radius 2 is 2.14 bits per heavy atom. The van der Waals surface area contributed by atoms with Gasteiger partial charge in [-0.25, -0.2) is 4.98 Å². The van der Waals surface area contributed by atoms with Crippen molar-refractivity contribution < 1.29 is 0 Å². The molecule has 22 heavy (non-hydrogen) atoms. The Hall–Kier alpha value is -1.82. The third-order valence-electron chi connectivity index (χ3n) is 3.49. The molecule has 5 nitrogen and oxygen atoms in total. The topological polar surface area (TPSA) is 54.2 Å². The lowest BCUT2D eigenvalue weighted by atomic mass is 10.3. The number of hydrogen-bond acceptors (Lipinski definition) is 3. The summed E-state index contributed by atoms with van der Waals surface area (Å²) in [6, 6.07) is 4.31. The molecule has 0 atom stereocenters. The summed E-state index contributed by atoms with van der Waals surface area (Å²) in [6.07, 6.45) is 6.12. The van der Waals surface area contributed by atoms with E-state index in [0.717, 1.165) is 44.3 Å². The summed E-state index contributed by atoms with van der Waals surface area (Å²) >= 11 is 1.82. The molecular formula is C16H25N5S. The first-order valence-corrected chi connectivity index (χ1v) is 8.48. The van der Waals surface area contributed by atoms with Crippen molar-refractivity contribution in [3.8, 4) is 0 Å². The van der Waals surface area contributed by atoms with E-state index < -0.39 is 0 Å². The minimum Gasteiger partial charge on any atom is -0.356 e. The van der Waals surface area contributed by atoms with Gasteiger partial charge in [-0.15, -0.1) is 11.3 Å². The molecule has 0 aliphatic heterocycles. The monoisotopic (exact) mass is 319 g/mol. The van der Waals surface area contributed by atoms with Crippen molar-refractivity contribution in [2.75, 3.05) is 13.6 Å². The highest BCUT2D eigenvalue weighted by Gasteiger charge is 2.00. The molecule has 0 aliphatic rings. The maximum absolute atomic E-state index is 4.26. The van der Waals surface area contributed by atoms with Crippen LogP contribution in [0, 0.1) is 13.8 Å².